The van der Waals surface area contributed by atoms with Crippen LogP contribution in [0.3, 0.4) is 0 Å². The number of likely N-dealkylation sites (tertiary alicyclic amines) is 1. The van der Waals surface area contributed by atoms with E-state index in [0.717, 1.165) is 0 Å². The number of carbonyl (C=O) groups excluding carboxylic acids is 3. The van der Waals surface area contributed by atoms with Crippen LogP contribution in [0.2, 0.25) is 0 Å². The summed E-state index contributed by atoms with van der Waals surface area (Å²) in [7, 11) is 0. The molecular weight excluding hydrogens is 360 g/mol. The third kappa shape index (κ3) is 3.78. The van der Waals surface area contributed by atoms with Crippen LogP contribution in [0, 0.1) is 0 Å². The Kier molecular flexibility index (Phi) is 4.90. The van der Waals surface area contributed by atoms with E-state index < -0.39 is 5.60 Å². The maximum atomic E-state index is 12.6. The summed E-state index contributed by atoms with van der Waals surface area (Å²) in [6.45, 7) is 0.648. The van der Waals surface area contributed by atoms with Gasteiger partial charge in [-0.2, -0.15) is 0 Å². The first-order chi connectivity index (χ1) is 13.5. The van der Waals surface area contributed by atoms with E-state index in [0.29, 0.717) is 36.5 Å². The topological polar surface area (TPSA) is 88.9 Å². The molecule has 7 heteroatoms. The van der Waals surface area contributed by atoms with Gasteiger partial charge in [0.15, 0.2) is 5.78 Å². The van der Waals surface area contributed by atoms with Gasteiger partial charge in [-0.05, 0) is 30.7 Å². The molecule has 0 aliphatic carbocycles. The molecule has 0 unspecified atom stereocenters. The summed E-state index contributed by atoms with van der Waals surface area (Å²) in [6, 6.07) is 10.7. The third-order valence-corrected chi connectivity index (χ3v) is 5.36. The largest absolute Gasteiger partial charge is 0.486 e. The third-order valence-electron chi connectivity index (χ3n) is 5.36. The van der Waals surface area contributed by atoms with Crippen molar-refractivity contribution in [3.63, 3.8) is 0 Å². The second kappa shape index (κ2) is 7.50. The molecular formula is C21H22N2O5. The van der Waals surface area contributed by atoms with Gasteiger partial charge < -0.3 is 19.4 Å². The lowest BCUT2D eigenvalue weighted by Crippen LogP contribution is -2.44. The van der Waals surface area contributed by atoms with Crippen molar-refractivity contribution in [2.75, 3.05) is 13.1 Å². The lowest BCUT2D eigenvalue weighted by atomic mass is 9.84. The van der Waals surface area contributed by atoms with Gasteiger partial charge in [0.2, 0.25) is 11.8 Å². The highest BCUT2D eigenvalue weighted by molar-refractivity contribution is 6.00. The molecule has 1 spiro atoms. The smallest absolute Gasteiger partial charge is 0.240 e. The number of amides is 2. The van der Waals surface area contributed by atoms with Gasteiger partial charge in [0.25, 0.3) is 0 Å². The van der Waals surface area contributed by atoms with Crippen LogP contribution in [-0.2, 0) is 16.1 Å². The standard InChI is InChI=1S/C21H22N2O5/c24-17-12-21(28-18-6-2-1-5-16(17)18)8-7-20(26)23(10-9-21)14-19(25)22-13-15-4-3-11-27-15/h1-6,11H,7-10,12-14H2,(H,22,25)/t21-/m0/s1. The molecule has 1 N–H and O–H groups in total. The van der Waals surface area contributed by atoms with Crippen molar-refractivity contribution in [3.05, 3.63) is 54.0 Å². The Hall–Kier alpha value is -3.09. The van der Waals surface area contributed by atoms with Crippen molar-refractivity contribution in [1.82, 2.24) is 10.2 Å². The fourth-order valence-corrected chi connectivity index (χ4v) is 3.80. The number of hydrogen-bond acceptors (Lipinski definition) is 5. The van der Waals surface area contributed by atoms with Crippen LogP contribution in [0.4, 0.5) is 0 Å². The fourth-order valence-electron chi connectivity index (χ4n) is 3.80. The van der Waals surface area contributed by atoms with Crippen molar-refractivity contribution in [1.29, 1.82) is 0 Å². The van der Waals surface area contributed by atoms with E-state index >= 15 is 0 Å². The van der Waals surface area contributed by atoms with E-state index in [9.17, 15) is 14.4 Å². The first kappa shape index (κ1) is 18.3. The van der Waals surface area contributed by atoms with E-state index in [-0.39, 0.29) is 43.5 Å². The predicted octanol–water partition coefficient (Wildman–Crippen LogP) is 2.31. The number of ether oxygens (including phenoxy) is 1. The van der Waals surface area contributed by atoms with Crippen LogP contribution < -0.4 is 10.1 Å². The van der Waals surface area contributed by atoms with Gasteiger partial charge in [0, 0.05) is 19.4 Å². The van der Waals surface area contributed by atoms with Crippen molar-refractivity contribution in [2.24, 2.45) is 0 Å². The molecule has 4 rings (SSSR count). The molecule has 28 heavy (non-hydrogen) atoms. The van der Waals surface area contributed by atoms with Gasteiger partial charge in [0.1, 0.15) is 17.1 Å². The summed E-state index contributed by atoms with van der Waals surface area (Å²) in [4.78, 5) is 38.8. The molecule has 2 amide bonds. The first-order valence-corrected chi connectivity index (χ1v) is 9.43. The molecule has 0 radical (unpaired) electrons. The minimum Gasteiger partial charge on any atom is -0.486 e. The SMILES string of the molecule is O=C(CN1CC[C@@]2(CCC1=O)CC(=O)c1ccccc1O2)NCc1ccco1. The normalized spacial score (nSPS) is 21.8. The molecule has 146 valence electrons. The van der Waals surface area contributed by atoms with Crippen LogP contribution >= 0.6 is 0 Å². The maximum Gasteiger partial charge on any atom is 0.240 e. The fraction of sp³-hybridized carbons (Fsp3) is 0.381. The number of benzene rings is 1. The Morgan fingerprint density at radius 1 is 1.14 bits per heavy atom. The molecule has 0 saturated carbocycles. The zero-order valence-electron chi connectivity index (χ0n) is 15.5. The summed E-state index contributed by atoms with van der Waals surface area (Å²) in [5.74, 6) is 0.934. The monoisotopic (exact) mass is 382 g/mol. The molecule has 1 saturated heterocycles. The van der Waals surface area contributed by atoms with Crippen LogP contribution in [0.25, 0.3) is 0 Å². The zero-order chi connectivity index (χ0) is 19.6. The van der Waals surface area contributed by atoms with E-state index in [1.807, 2.05) is 12.1 Å². The number of hydrogen-bond donors (Lipinski definition) is 1. The first-order valence-electron chi connectivity index (χ1n) is 9.43. The predicted molar refractivity (Wildman–Crippen MR) is 99.7 cm³/mol. The summed E-state index contributed by atoms with van der Waals surface area (Å²) >= 11 is 0. The van der Waals surface area contributed by atoms with E-state index in [1.165, 1.54) is 0 Å². The van der Waals surface area contributed by atoms with Gasteiger partial charge in [0.05, 0.1) is 31.3 Å². The summed E-state index contributed by atoms with van der Waals surface area (Å²) < 4.78 is 11.4. The molecule has 1 aromatic heterocycles. The lowest BCUT2D eigenvalue weighted by molar-refractivity contribution is -0.135. The minimum absolute atomic E-state index is 0.0137. The Morgan fingerprint density at radius 3 is 2.82 bits per heavy atom. The Balaban J connectivity index is 1.39. The van der Waals surface area contributed by atoms with Crippen LogP contribution in [0.15, 0.2) is 47.1 Å². The van der Waals surface area contributed by atoms with E-state index in [1.54, 1.807) is 35.4 Å². The van der Waals surface area contributed by atoms with Crippen LogP contribution in [0.1, 0.15) is 41.8 Å². The Labute approximate surface area is 162 Å². The number of rotatable bonds is 4. The number of nitrogens with zero attached hydrogens (tertiary/aromatic N) is 1. The summed E-state index contributed by atoms with van der Waals surface area (Å²) in [5, 5.41) is 2.75. The average Bonchev–Trinajstić information content (AvgIpc) is 3.17. The number of para-hydroxylation sites is 1. The highest BCUT2D eigenvalue weighted by Gasteiger charge is 2.43. The number of nitrogens with one attached hydrogen (secondary N) is 1. The molecule has 1 fully saturated rings. The molecule has 0 bridgehead atoms. The second-order valence-electron chi connectivity index (χ2n) is 7.30. The van der Waals surface area contributed by atoms with Gasteiger partial charge in [-0.1, -0.05) is 12.1 Å². The molecule has 1 aromatic carbocycles. The van der Waals surface area contributed by atoms with Crippen LogP contribution in [-0.4, -0.2) is 41.2 Å². The quantitative estimate of drug-likeness (QED) is 0.877. The van der Waals surface area contributed by atoms with Crippen molar-refractivity contribution in [2.45, 2.75) is 37.8 Å². The number of Topliss-reactive ketones (excluding diaryl/α,β-unsaturated/α-hetero) is 1. The maximum absolute atomic E-state index is 12.6. The molecule has 3 heterocycles. The zero-order valence-corrected chi connectivity index (χ0v) is 15.5. The molecule has 2 aliphatic heterocycles. The lowest BCUT2D eigenvalue weighted by Gasteiger charge is -2.37. The van der Waals surface area contributed by atoms with Crippen molar-refractivity contribution >= 4 is 17.6 Å². The Bertz CT molecular complexity index is 892. The number of furan rings is 1. The van der Waals surface area contributed by atoms with Crippen molar-refractivity contribution < 1.29 is 23.5 Å². The van der Waals surface area contributed by atoms with Gasteiger partial charge in [-0.15, -0.1) is 0 Å². The molecule has 7 nitrogen and oxygen atoms in total. The summed E-state index contributed by atoms with van der Waals surface area (Å²) in [6.07, 6.45) is 3.04. The molecule has 2 aliphatic rings. The number of fused-ring (bicyclic) bond motifs is 1. The average molecular weight is 382 g/mol. The van der Waals surface area contributed by atoms with Gasteiger partial charge in [-0.3, -0.25) is 14.4 Å². The molecule has 2 aromatic rings. The highest BCUT2D eigenvalue weighted by atomic mass is 16.5. The van der Waals surface area contributed by atoms with E-state index in [4.69, 9.17) is 9.15 Å². The van der Waals surface area contributed by atoms with Gasteiger partial charge in [-0.25, -0.2) is 0 Å². The number of carbonyl (C=O) groups is 3. The van der Waals surface area contributed by atoms with Crippen LogP contribution in [0.5, 0.6) is 5.75 Å². The van der Waals surface area contributed by atoms with Crippen molar-refractivity contribution in [3.8, 4) is 5.75 Å². The number of ketones is 1. The Morgan fingerprint density at radius 2 is 2.00 bits per heavy atom. The second-order valence-corrected chi connectivity index (χ2v) is 7.30. The minimum atomic E-state index is -0.680. The highest BCUT2D eigenvalue weighted by Crippen LogP contribution is 2.39. The van der Waals surface area contributed by atoms with E-state index in [2.05, 4.69) is 5.32 Å². The summed E-state index contributed by atoms with van der Waals surface area (Å²) in [5.41, 5.74) is -0.0848. The molecule has 1 atom stereocenters. The van der Waals surface area contributed by atoms with Gasteiger partial charge >= 0.3 is 0 Å².